The van der Waals surface area contributed by atoms with Gasteiger partial charge in [-0.1, -0.05) is 91.0 Å². The van der Waals surface area contributed by atoms with Crippen molar-refractivity contribution in [3.05, 3.63) is 164 Å². The van der Waals surface area contributed by atoms with Gasteiger partial charge < -0.3 is 13.4 Å². The summed E-state index contributed by atoms with van der Waals surface area (Å²) in [6.07, 6.45) is 0. The van der Waals surface area contributed by atoms with Gasteiger partial charge in [-0.25, -0.2) is 0 Å². The molecule has 0 amide bonds. The maximum absolute atomic E-state index is 6.71. The van der Waals surface area contributed by atoms with Crippen LogP contribution in [0, 0.1) is 0 Å². The highest BCUT2D eigenvalue weighted by Crippen LogP contribution is 2.48. The van der Waals surface area contributed by atoms with Gasteiger partial charge in [0.05, 0.1) is 11.0 Å². The zero-order chi connectivity index (χ0) is 33.9. The predicted octanol–water partition coefficient (Wildman–Crippen LogP) is 14.3. The molecule has 0 radical (unpaired) electrons. The second-order valence-corrected chi connectivity index (χ2v) is 14.7. The molecule has 242 valence electrons. The number of furan rings is 2. The van der Waals surface area contributed by atoms with Crippen molar-refractivity contribution in [2.45, 2.75) is 0 Å². The number of thiophene rings is 1. The fourth-order valence-corrected chi connectivity index (χ4v) is 9.64. The summed E-state index contributed by atoms with van der Waals surface area (Å²) in [4.78, 5) is 0. The minimum Gasteiger partial charge on any atom is -0.456 e. The average molecular weight is 682 g/mol. The summed E-state index contributed by atoms with van der Waals surface area (Å²) >= 11 is 1.84. The van der Waals surface area contributed by atoms with Crippen LogP contribution < -0.4 is 0 Å². The Morgan fingerprint density at radius 3 is 1.85 bits per heavy atom. The molecule has 0 spiro atoms. The molecule has 0 unspecified atom stereocenters. The maximum atomic E-state index is 6.71. The summed E-state index contributed by atoms with van der Waals surface area (Å²) in [6.45, 7) is 0. The van der Waals surface area contributed by atoms with E-state index in [-0.39, 0.29) is 0 Å². The molecular weight excluding hydrogens is 655 g/mol. The van der Waals surface area contributed by atoms with E-state index in [2.05, 4.69) is 150 Å². The molecule has 3 nitrogen and oxygen atoms in total. The Bertz CT molecular complexity index is 3410. The Morgan fingerprint density at radius 1 is 0.385 bits per heavy atom. The van der Waals surface area contributed by atoms with Crippen LogP contribution in [-0.2, 0) is 0 Å². The molecule has 12 rings (SSSR count). The zero-order valence-corrected chi connectivity index (χ0v) is 28.6. The van der Waals surface area contributed by atoms with Crippen LogP contribution in [0.2, 0.25) is 0 Å². The van der Waals surface area contributed by atoms with Crippen LogP contribution in [-0.4, -0.2) is 4.57 Å². The Kier molecular flexibility index (Phi) is 5.65. The van der Waals surface area contributed by atoms with E-state index >= 15 is 0 Å². The van der Waals surface area contributed by atoms with E-state index in [1.165, 1.54) is 58.8 Å². The lowest BCUT2D eigenvalue weighted by atomic mass is 9.96. The largest absolute Gasteiger partial charge is 0.456 e. The van der Waals surface area contributed by atoms with Gasteiger partial charge in [-0.3, -0.25) is 0 Å². The monoisotopic (exact) mass is 681 g/mol. The van der Waals surface area contributed by atoms with E-state index in [4.69, 9.17) is 8.83 Å². The van der Waals surface area contributed by atoms with Gasteiger partial charge in [-0.05, 0) is 89.5 Å². The number of hydrogen-bond donors (Lipinski definition) is 0. The number of para-hydroxylation sites is 4. The van der Waals surface area contributed by atoms with Crippen molar-refractivity contribution >= 4 is 97.2 Å². The van der Waals surface area contributed by atoms with Crippen LogP contribution in [0.25, 0.3) is 114 Å². The van der Waals surface area contributed by atoms with E-state index in [0.717, 1.165) is 55.0 Å². The van der Waals surface area contributed by atoms with Gasteiger partial charge in [0.25, 0.3) is 0 Å². The van der Waals surface area contributed by atoms with Crippen LogP contribution >= 0.6 is 11.3 Å². The van der Waals surface area contributed by atoms with Gasteiger partial charge in [0.15, 0.2) is 0 Å². The summed E-state index contributed by atoms with van der Waals surface area (Å²) < 4.78 is 17.8. The van der Waals surface area contributed by atoms with Gasteiger partial charge in [-0.2, -0.15) is 0 Å². The first-order valence-electron chi connectivity index (χ1n) is 17.6. The van der Waals surface area contributed by atoms with Crippen molar-refractivity contribution in [1.29, 1.82) is 0 Å². The predicted molar refractivity (Wildman–Crippen MR) is 219 cm³/mol. The first-order chi connectivity index (χ1) is 25.8. The fourth-order valence-electron chi connectivity index (χ4n) is 8.42. The summed E-state index contributed by atoms with van der Waals surface area (Å²) in [5.41, 5.74) is 11.9. The van der Waals surface area contributed by atoms with Crippen LogP contribution in [0.15, 0.2) is 173 Å². The van der Waals surface area contributed by atoms with E-state index in [0.29, 0.717) is 0 Å². The van der Waals surface area contributed by atoms with E-state index < -0.39 is 0 Å². The minimum absolute atomic E-state index is 0.891. The molecule has 4 aromatic heterocycles. The number of benzene rings is 8. The Balaban J connectivity index is 1.11. The summed E-state index contributed by atoms with van der Waals surface area (Å²) in [6, 6.07) is 58.8. The molecule has 12 aromatic rings. The minimum atomic E-state index is 0.891. The van der Waals surface area contributed by atoms with Gasteiger partial charge in [0, 0.05) is 63.7 Å². The second-order valence-electron chi connectivity index (χ2n) is 13.6. The highest BCUT2D eigenvalue weighted by molar-refractivity contribution is 7.26. The lowest BCUT2D eigenvalue weighted by molar-refractivity contribution is 0.668. The lowest BCUT2D eigenvalue weighted by Crippen LogP contribution is -1.92. The lowest BCUT2D eigenvalue weighted by Gasteiger charge is -2.08. The first-order valence-corrected chi connectivity index (χ1v) is 18.4. The molecule has 52 heavy (non-hydrogen) atoms. The Morgan fingerprint density at radius 2 is 1.00 bits per heavy atom. The number of aromatic nitrogens is 1. The van der Waals surface area contributed by atoms with Crippen molar-refractivity contribution in [3.8, 4) is 27.9 Å². The fraction of sp³-hybridized carbons (Fsp3) is 0. The number of fused-ring (bicyclic) bond motifs is 12. The van der Waals surface area contributed by atoms with Crippen molar-refractivity contribution in [3.63, 3.8) is 0 Å². The van der Waals surface area contributed by atoms with Crippen molar-refractivity contribution < 1.29 is 8.83 Å². The third-order valence-electron chi connectivity index (χ3n) is 10.8. The summed E-state index contributed by atoms with van der Waals surface area (Å²) in [7, 11) is 0. The van der Waals surface area contributed by atoms with Crippen molar-refractivity contribution in [2.75, 3.05) is 0 Å². The van der Waals surface area contributed by atoms with Crippen molar-refractivity contribution in [1.82, 2.24) is 4.57 Å². The van der Waals surface area contributed by atoms with E-state index in [1.807, 2.05) is 29.5 Å². The summed E-state index contributed by atoms with van der Waals surface area (Å²) in [5.74, 6) is 0. The highest BCUT2D eigenvalue weighted by atomic mass is 32.1. The van der Waals surface area contributed by atoms with Crippen LogP contribution in [0.4, 0.5) is 0 Å². The third-order valence-corrected chi connectivity index (χ3v) is 12.0. The van der Waals surface area contributed by atoms with Gasteiger partial charge in [-0.15, -0.1) is 11.3 Å². The number of nitrogens with zero attached hydrogens (tertiary/aromatic N) is 1. The number of hydrogen-bond acceptors (Lipinski definition) is 3. The molecular formula is C48H27NO2S. The topological polar surface area (TPSA) is 31.2 Å². The molecule has 0 saturated carbocycles. The molecule has 0 N–H and O–H groups in total. The van der Waals surface area contributed by atoms with Crippen LogP contribution in [0.5, 0.6) is 0 Å². The highest BCUT2D eigenvalue weighted by Gasteiger charge is 2.21. The van der Waals surface area contributed by atoms with Gasteiger partial charge in [0.1, 0.15) is 22.3 Å². The smallest absolute Gasteiger partial charge is 0.144 e. The van der Waals surface area contributed by atoms with Crippen LogP contribution in [0.3, 0.4) is 0 Å². The first kappa shape index (κ1) is 28.1. The second kappa shape index (κ2) is 10.5. The molecule has 4 heterocycles. The molecule has 0 atom stereocenters. The molecule has 0 aliphatic rings. The normalized spacial score (nSPS) is 12.2. The molecule has 0 fully saturated rings. The SMILES string of the molecule is c1ccc(-n2c3ccccc3c3cc(-c4ccc5sc6c(-c7ccc8oc9ccccc9c8c7)c7oc8ccccc8c7cc6c5c4)ccc32)cc1. The quantitative estimate of drug-likeness (QED) is 0.186. The molecule has 0 bridgehead atoms. The molecule has 0 aliphatic heterocycles. The Labute approximate surface area is 301 Å². The van der Waals surface area contributed by atoms with Gasteiger partial charge in [0.2, 0.25) is 0 Å². The number of rotatable bonds is 3. The van der Waals surface area contributed by atoms with Crippen LogP contribution in [0.1, 0.15) is 0 Å². The standard InChI is InChI=1S/C48H27NO2S/c1-2-10-31(11-3-1)49-40-15-7-4-12-32(40)35-24-28(18-21-41(35)49)29-20-23-45-37(25-29)39-27-38-34-14-6-9-17-43(34)51-47(38)46(48(39)52-45)30-19-22-44-36(26-30)33-13-5-8-16-42(33)50-44/h1-27H. The third kappa shape index (κ3) is 3.90. The zero-order valence-electron chi connectivity index (χ0n) is 27.8. The van der Waals surface area contributed by atoms with E-state index in [9.17, 15) is 0 Å². The van der Waals surface area contributed by atoms with Gasteiger partial charge >= 0.3 is 0 Å². The molecule has 8 aromatic carbocycles. The van der Waals surface area contributed by atoms with Crippen molar-refractivity contribution in [2.24, 2.45) is 0 Å². The average Bonchev–Trinajstić information content (AvgIpc) is 3.95. The maximum Gasteiger partial charge on any atom is 0.144 e. The molecule has 0 aliphatic carbocycles. The van der Waals surface area contributed by atoms with E-state index in [1.54, 1.807) is 0 Å². The molecule has 4 heteroatoms. The molecule has 0 saturated heterocycles. The summed E-state index contributed by atoms with van der Waals surface area (Å²) in [5, 5.41) is 9.51. The Hall–Kier alpha value is -6.62.